The predicted molar refractivity (Wildman–Crippen MR) is 73.9 cm³/mol. The van der Waals surface area contributed by atoms with Crippen LogP contribution in [0.4, 0.5) is 0 Å². The summed E-state index contributed by atoms with van der Waals surface area (Å²) in [6.07, 6.45) is 0.826. The van der Waals surface area contributed by atoms with Gasteiger partial charge in [-0.1, -0.05) is 18.2 Å². The number of fused-ring (bicyclic) bond motifs is 1. The molecule has 0 aliphatic heterocycles. The first kappa shape index (κ1) is 11.4. The third-order valence-corrected chi connectivity index (χ3v) is 3.85. The topological polar surface area (TPSA) is 38.0 Å². The van der Waals surface area contributed by atoms with Crippen molar-refractivity contribution < 1.29 is 5.11 Å². The van der Waals surface area contributed by atoms with Gasteiger partial charge in [0, 0.05) is 17.8 Å². The lowest BCUT2D eigenvalue weighted by atomic mass is 10.3. The fourth-order valence-electron chi connectivity index (χ4n) is 2.18. The van der Waals surface area contributed by atoms with Gasteiger partial charge in [0.2, 0.25) is 0 Å². The van der Waals surface area contributed by atoms with E-state index >= 15 is 0 Å². The van der Waals surface area contributed by atoms with E-state index in [0.29, 0.717) is 6.54 Å². The Balaban J connectivity index is 2.06. The molecule has 0 aliphatic carbocycles. The van der Waals surface area contributed by atoms with E-state index in [1.807, 2.05) is 18.2 Å². The maximum atomic E-state index is 9.20. The van der Waals surface area contributed by atoms with Crippen LogP contribution in [-0.2, 0) is 13.0 Å². The Labute approximate surface area is 109 Å². The van der Waals surface area contributed by atoms with Crippen LogP contribution in [0, 0.1) is 0 Å². The Bertz CT molecular complexity index is 643. The smallest absolute Gasteiger partial charge is 0.115 e. The first-order valence-corrected chi connectivity index (χ1v) is 6.84. The van der Waals surface area contributed by atoms with Gasteiger partial charge in [-0.15, -0.1) is 11.3 Å². The minimum absolute atomic E-state index is 0.137. The molecule has 0 radical (unpaired) electrons. The molecule has 0 aliphatic rings. The normalized spacial score (nSPS) is 11.2. The molecular weight excluding hydrogens is 244 g/mol. The van der Waals surface area contributed by atoms with Gasteiger partial charge < -0.3 is 9.67 Å². The van der Waals surface area contributed by atoms with Gasteiger partial charge in [0.05, 0.1) is 17.6 Å². The maximum Gasteiger partial charge on any atom is 0.115 e. The van der Waals surface area contributed by atoms with Crippen molar-refractivity contribution in [3.63, 3.8) is 0 Å². The average Bonchev–Trinajstić information content (AvgIpc) is 3.00. The summed E-state index contributed by atoms with van der Waals surface area (Å²) in [6, 6.07) is 12.2. The molecule has 2 heterocycles. The number of para-hydroxylation sites is 2. The Morgan fingerprint density at radius 1 is 1.17 bits per heavy atom. The number of nitrogens with zero attached hydrogens (tertiary/aromatic N) is 2. The number of aliphatic hydroxyl groups is 1. The molecule has 1 N–H and O–H groups in total. The third-order valence-electron chi connectivity index (χ3n) is 2.97. The molecule has 0 fully saturated rings. The SMILES string of the molecule is OCCn1c(Cc2cccs2)nc2ccccc21. The molecule has 0 saturated carbocycles. The first-order chi connectivity index (χ1) is 8.88. The molecule has 3 rings (SSSR count). The summed E-state index contributed by atoms with van der Waals surface area (Å²) in [6.45, 7) is 0.735. The van der Waals surface area contributed by atoms with Gasteiger partial charge in [-0.05, 0) is 23.6 Å². The van der Waals surface area contributed by atoms with Crippen LogP contribution in [0.5, 0.6) is 0 Å². The van der Waals surface area contributed by atoms with Crippen LogP contribution >= 0.6 is 11.3 Å². The lowest BCUT2D eigenvalue weighted by Crippen LogP contribution is -2.07. The van der Waals surface area contributed by atoms with Gasteiger partial charge in [-0.2, -0.15) is 0 Å². The largest absolute Gasteiger partial charge is 0.395 e. The lowest BCUT2D eigenvalue weighted by Gasteiger charge is -2.06. The molecule has 3 aromatic rings. The summed E-state index contributed by atoms with van der Waals surface area (Å²) >= 11 is 1.74. The Morgan fingerprint density at radius 2 is 2.06 bits per heavy atom. The van der Waals surface area contributed by atoms with Gasteiger partial charge in [0.1, 0.15) is 5.82 Å². The zero-order valence-corrected chi connectivity index (χ0v) is 10.7. The summed E-state index contributed by atoms with van der Waals surface area (Å²) in [5, 5.41) is 11.3. The van der Waals surface area contributed by atoms with Crippen molar-refractivity contribution in [2.24, 2.45) is 0 Å². The highest BCUT2D eigenvalue weighted by molar-refractivity contribution is 7.09. The summed E-state index contributed by atoms with van der Waals surface area (Å²) in [5.41, 5.74) is 2.09. The molecule has 3 nitrogen and oxygen atoms in total. The maximum absolute atomic E-state index is 9.20. The van der Waals surface area contributed by atoms with Crippen molar-refractivity contribution in [2.45, 2.75) is 13.0 Å². The second kappa shape index (κ2) is 4.92. The number of hydrogen-bond acceptors (Lipinski definition) is 3. The molecule has 0 unspecified atom stereocenters. The van der Waals surface area contributed by atoms with Gasteiger partial charge in [-0.25, -0.2) is 4.98 Å². The van der Waals surface area contributed by atoms with Gasteiger partial charge in [0.25, 0.3) is 0 Å². The van der Waals surface area contributed by atoms with Gasteiger partial charge in [0.15, 0.2) is 0 Å². The summed E-state index contributed by atoms with van der Waals surface area (Å²) in [4.78, 5) is 5.96. The van der Waals surface area contributed by atoms with Crippen LogP contribution < -0.4 is 0 Å². The number of thiophene rings is 1. The van der Waals surface area contributed by atoms with Crippen LogP contribution in [0.1, 0.15) is 10.7 Å². The summed E-state index contributed by atoms with van der Waals surface area (Å²) in [5.74, 6) is 1.02. The van der Waals surface area contributed by atoms with Crippen molar-refractivity contribution >= 4 is 22.4 Å². The zero-order valence-electron chi connectivity index (χ0n) is 9.91. The standard InChI is InChI=1S/C14H14N2OS/c17-8-7-16-13-6-2-1-5-12(13)15-14(16)10-11-4-3-9-18-11/h1-6,9,17H,7-8,10H2. The van der Waals surface area contributed by atoms with E-state index in [-0.39, 0.29) is 6.61 Å². The van der Waals surface area contributed by atoms with Crippen molar-refractivity contribution in [3.8, 4) is 0 Å². The predicted octanol–water partition coefficient (Wildman–Crippen LogP) is 2.68. The minimum Gasteiger partial charge on any atom is -0.395 e. The minimum atomic E-state index is 0.137. The molecule has 0 atom stereocenters. The van der Waals surface area contributed by atoms with E-state index in [4.69, 9.17) is 0 Å². The van der Waals surface area contributed by atoms with Crippen LogP contribution in [0.2, 0.25) is 0 Å². The van der Waals surface area contributed by atoms with Crippen molar-refractivity contribution in [2.75, 3.05) is 6.61 Å². The highest BCUT2D eigenvalue weighted by Gasteiger charge is 2.10. The molecule has 0 saturated heterocycles. The van der Waals surface area contributed by atoms with Crippen LogP contribution in [0.3, 0.4) is 0 Å². The van der Waals surface area contributed by atoms with E-state index in [2.05, 4.69) is 33.1 Å². The van der Waals surface area contributed by atoms with E-state index in [0.717, 1.165) is 23.3 Å². The molecule has 4 heteroatoms. The Morgan fingerprint density at radius 3 is 2.83 bits per heavy atom. The third kappa shape index (κ3) is 2.05. The van der Waals surface area contributed by atoms with Gasteiger partial charge in [-0.3, -0.25) is 0 Å². The van der Waals surface area contributed by atoms with E-state index in [1.54, 1.807) is 11.3 Å². The molecule has 0 bridgehead atoms. The number of hydrogen-bond donors (Lipinski definition) is 1. The Hall–Kier alpha value is -1.65. The zero-order chi connectivity index (χ0) is 12.4. The second-order valence-corrected chi connectivity index (χ2v) is 5.18. The fourth-order valence-corrected chi connectivity index (χ4v) is 2.88. The summed E-state index contributed by atoms with van der Waals surface area (Å²) < 4.78 is 2.11. The van der Waals surface area contributed by atoms with E-state index in [1.165, 1.54) is 4.88 Å². The number of imidazole rings is 1. The molecule has 0 spiro atoms. The number of aromatic nitrogens is 2. The molecule has 18 heavy (non-hydrogen) atoms. The quantitative estimate of drug-likeness (QED) is 0.781. The first-order valence-electron chi connectivity index (χ1n) is 5.96. The second-order valence-electron chi connectivity index (χ2n) is 4.15. The monoisotopic (exact) mass is 258 g/mol. The van der Waals surface area contributed by atoms with Crippen molar-refractivity contribution in [1.82, 2.24) is 9.55 Å². The van der Waals surface area contributed by atoms with Crippen molar-refractivity contribution in [1.29, 1.82) is 0 Å². The molecule has 0 amide bonds. The lowest BCUT2D eigenvalue weighted by molar-refractivity contribution is 0.276. The summed E-state index contributed by atoms with van der Waals surface area (Å²) in [7, 11) is 0. The average molecular weight is 258 g/mol. The number of aliphatic hydroxyl groups excluding tert-OH is 1. The Kier molecular flexibility index (Phi) is 3.13. The highest BCUT2D eigenvalue weighted by atomic mass is 32.1. The van der Waals surface area contributed by atoms with Gasteiger partial charge >= 0.3 is 0 Å². The van der Waals surface area contributed by atoms with E-state index < -0.39 is 0 Å². The number of benzene rings is 1. The van der Waals surface area contributed by atoms with E-state index in [9.17, 15) is 5.11 Å². The fraction of sp³-hybridized carbons (Fsp3) is 0.214. The molecule has 2 aromatic heterocycles. The van der Waals surface area contributed by atoms with Crippen LogP contribution in [0.25, 0.3) is 11.0 Å². The molecule has 92 valence electrons. The number of rotatable bonds is 4. The van der Waals surface area contributed by atoms with Crippen LogP contribution in [0.15, 0.2) is 41.8 Å². The van der Waals surface area contributed by atoms with Crippen molar-refractivity contribution in [3.05, 3.63) is 52.5 Å². The molecular formula is C14H14N2OS. The highest BCUT2D eigenvalue weighted by Crippen LogP contribution is 2.20. The molecule has 1 aromatic carbocycles. The van der Waals surface area contributed by atoms with Crippen LogP contribution in [-0.4, -0.2) is 21.3 Å².